The van der Waals surface area contributed by atoms with Crippen LogP contribution < -0.4 is 9.85 Å². The second-order valence-electron chi connectivity index (χ2n) is 8.02. The molecule has 0 spiro atoms. The average Bonchev–Trinajstić information content (AvgIpc) is 2.53. The molecule has 0 amide bonds. The Morgan fingerprint density at radius 3 is 2.31 bits per heavy atom. The quantitative estimate of drug-likeness (QED) is 0.616. The zero-order valence-electron chi connectivity index (χ0n) is 15.8. The van der Waals surface area contributed by atoms with E-state index in [9.17, 15) is 9.90 Å². The summed E-state index contributed by atoms with van der Waals surface area (Å²) < 4.78 is 12.2. The average molecular weight is 369 g/mol. The highest BCUT2D eigenvalue weighted by Crippen LogP contribution is 2.39. The summed E-state index contributed by atoms with van der Waals surface area (Å²) in [6.45, 7) is 10.7. The molecule has 0 atom stereocenters. The molecule has 3 aromatic rings. The standard InChI is InChI=1S/C21H24O4Si/c1-21(2,3)26(4,5)25-15-11-16(22)20-17(23)13-18(24-19(20)12-15)14-9-7-6-8-10-14/h6-13,22H,1-5H3. The Morgan fingerprint density at radius 2 is 1.69 bits per heavy atom. The van der Waals surface area contributed by atoms with Gasteiger partial charge in [-0.2, -0.15) is 0 Å². The normalized spacial score (nSPS) is 12.3. The van der Waals surface area contributed by atoms with Crippen molar-refractivity contribution in [2.75, 3.05) is 0 Å². The summed E-state index contributed by atoms with van der Waals surface area (Å²) >= 11 is 0. The van der Waals surface area contributed by atoms with Crippen LogP contribution in [0.5, 0.6) is 11.5 Å². The van der Waals surface area contributed by atoms with Gasteiger partial charge in [-0.15, -0.1) is 0 Å². The first-order valence-electron chi connectivity index (χ1n) is 8.64. The Bertz CT molecular complexity index is 998. The summed E-state index contributed by atoms with van der Waals surface area (Å²) in [5.41, 5.74) is 0.855. The van der Waals surface area contributed by atoms with E-state index >= 15 is 0 Å². The van der Waals surface area contributed by atoms with E-state index in [2.05, 4.69) is 33.9 Å². The number of phenols is 1. The molecule has 0 aliphatic heterocycles. The van der Waals surface area contributed by atoms with Crippen LogP contribution in [0, 0.1) is 0 Å². The summed E-state index contributed by atoms with van der Waals surface area (Å²) in [5.74, 6) is 0.867. The van der Waals surface area contributed by atoms with Crippen LogP contribution in [0.1, 0.15) is 20.8 Å². The number of fused-ring (bicyclic) bond motifs is 1. The Hall–Kier alpha value is -2.53. The second kappa shape index (κ2) is 6.32. The van der Waals surface area contributed by atoms with Gasteiger partial charge in [0.15, 0.2) is 5.43 Å². The van der Waals surface area contributed by atoms with Gasteiger partial charge in [-0.1, -0.05) is 51.1 Å². The molecule has 0 saturated heterocycles. The van der Waals surface area contributed by atoms with Crippen LogP contribution in [-0.2, 0) is 0 Å². The molecule has 1 heterocycles. The van der Waals surface area contributed by atoms with Crippen LogP contribution in [0.25, 0.3) is 22.3 Å². The van der Waals surface area contributed by atoms with E-state index in [0.717, 1.165) is 5.56 Å². The van der Waals surface area contributed by atoms with E-state index in [1.54, 1.807) is 6.07 Å². The molecule has 0 radical (unpaired) electrons. The third kappa shape index (κ3) is 3.39. The molecule has 26 heavy (non-hydrogen) atoms. The van der Waals surface area contributed by atoms with Crippen LogP contribution in [-0.4, -0.2) is 13.4 Å². The summed E-state index contributed by atoms with van der Waals surface area (Å²) in [7, 11) is -2.08. The van der Waals surface area contributed by atoms with Crippen LogP contribution >= 0.6 is 0 Å². The third-order valence-electron chi connectivity index (χ3n) is 5.02. The highest BCUT2D eigenvalue weighted by atomic mass is 28.4. The van der Waals surface area contributed by atoms with Crippen molar-refractivity contribution in [2.24, 2.45) is 0 Å². The molecule has 0 bridgehead atoms. The summed E-state index contributed by atoms with van der Waals surface area (Å²) in [4.78, 5) is 12.5. The fourth-order valence-corrected chi connectivity index (χ4v) is 3.51. The molecule has 0 saturated carbocycles. The first-order chi connectivity index (χ1) is 12.1. The van der Waals surface area contributed by atoms with E-state index in [4.69, 9.17) is 8.84 Å². The number of benzene rings is 2. The van der Waals surface area contributed by atoms with E-state index < -0.39 is 8.32 Å². The van der Waals surface area contributed by atoms with Gasteiger partial charge in [0.2, 0.25) is 8.32 Å². The fourth-order valence-electron chi connectivity index (χ4n) is 2.49. The van der Waals surface area contributed by atoms with E-state index in [1.807, 2.05) is 30.3 Å². The highest BCUT2D eigenvalue weighted by Gasteiger charge is 2.39. The van der Waals surface area contributed by atoms with Gasteiger partial charge in [0.25, 0.3) is 0 Å². The number of phenolic OH excluding ortho intramolecular Hbond substituents is 1. The van der Waals surface area contributed by atoms with Crippen LogP contribution in [0.15, 0.2) is 57.7 Å². The molecule has 2 aromatic carbocycles. The van der Waals surface area contributed by atoms with Crippen LogP contribution in [0.3, 0.4) is 0 Å². The zero-order valence-corrected chi connectivity index (χ0v) is 16.8. The highest BCUT2D eigenvalue weighted by molar-refractivity contribution is 6.74. The van der Waals surface area contributed by atoms with E-state index in [1.165, 1.54) is 12.1 Å². The number of rotatable bonds is 3. The summed E-state index contributed by atoms with van der Waals surface area (Å²) in [6, 6.07) is 14.0. The van der Waals surface area contributed by atoms with Crippen molar-refractivity contribution in [3.05, 3.63) is 58.8 Å². The Balaban J connectivity index is 2.14. The largest absolute Gasteiger partial charge is 0.543 e. The van der Waals surface area contributed by atoms with Crippen molar-refractivity contribution in [2.45, 2.75) is 38.9 Å². The van der Waals surface area contributed by atoms with Crippen LogP contribution in [0.2, 0.25) is 18.1 Å². The molecular weight excluding hydrogens is 344 g/mol. The SMILES string of the molecule is CC(C)(C)[Si](C)(C)Oc1cc(O)c2c(=O)cc(-c3ccccc3)oc2c1. The van der Waals surface area contributed by atoms with Gasteiger partial charge in [-0.25, -0.2) is 0 Å². The maximum atomic E-state index is 12.5. The number of hydrogen-bond donors (Lipinski definition) is 1. The van der Waals surface area contributed by atoms with Gasteiger partial charge >= 0.3 is 0 Å². The lowest BCUT2D eigenvalue weighted by Crippen LogP contribution is -2.43. The minimum absolute atomic E-state index is 0.0182. The van der Waals surface area contributed by atoms with Crippen molar-refractivity contribution in [3.8, 4) is 22.8 Å². The molecule has 136 valence electrons. The zero-order chi connectivity index (χ0) is 19.1. The summed E-state index contributed by atoms with van der Waals surface area (Å²) in [5, 5.41) is 10.6. The van der Waals surface area contributed by atoms with Crippen molar-refractivity contribution in [1.29, 1.82) is 0 Å². The third-order valence-corrected chi connectivity index (χ3v) is 9.38. The van der Waals surface area contributed by atoms with Gasteiger partial charge < -0.3 is 13.9 Å². The molecule has 1 N–H and O–H groups in total. The van der Waals surface area contributed by atoms with Gasteiger partial charge in [-0.05, 0) is 18.1 Å². The Labute approximate surface area is 154 Å². The monoisotopic (exact) mass is 368 g/mol. The van der Waals surface area contributed by atoms with E-state index in [0.29, 0.717) is 17.1 Å². The minimum Gasteiger partial charge on any atom is -0.543 e. The van der Waals surface area contributed by atoms with E-state index in [-0.39, 0.29) is 21.6 Å². The molecule has 5 heteroatoms. The molecule has 3 rings (SSSR count). The molecule has 1 aromatic heterocycles. The van der Waals surface area contributed by atoms with Gasteiger partial charge in [0.05, 0.1) is 0 Å². The molecule has 0 aliphatic rings. The fraction of sp³-hybridized carbons (Fsp3) is 0.286. The maximum Gasteiger partial charge on any atom is 0.250 e. The van der Waals surface area contributed by atoms with Crippen LogP contribution in [0.4, 0.5) is 0 Å². The number of aromatic hydroxyl groups is 1. The lowest BCUT2D eigenvalue weighted by atomic mass is 10.1. The lowest BCUT2D eigenvalue weighted by molar-refractivity contribution is 0.464. The van der Waals surface area contributed by atoms with Gasteiger partial charge in [-0.3, -0.25) is 4.79 Å². The first kappa shape index (κ1) is 18.3. The van der Waals surface area contributed by atoms with Crippen molar-refractivity contribution >= 4 is 19.3 Å². The smallest absolute Gasteiger partial charge is 0.250 e. The molecule has 0 aliphatic carbocycles. The van der Waals surface area contributed by atoms with Crippen molar-refractivity contribution in [3.63, 3.8) is 0 Å². The summed E-state index contributed by atoms with van der Waals surface area (Å²) in [6.07, 6.45) is 0. The van der Waals surface area contributed by atoms with Crippen molar-refractivity contribution in [1.82, 2.24) is 0 Å². The maximum absolute atomic E-state index is 12.5. The first-order valence-corrected chi connectivity index (χ1v) is 11.5. The predicted octanol–water partition coefficient (Wildman–Crippen LogP) is 5.55. The molecule has 4 nitrogen and oxygen atoms in total. The molecule has 0 unspecified atom stereocenters. The Morgan fingerprint density at radius 1 is 1.04 bits per heavy atom. The minimum atomic E-state index is -2.08. The Kier molecular flexibility index (Phi) is 4.44. The molecule has 0 fully saturated rings. The predicted molar refractivity (Wildman–Crippen MR) is 107 cm³/mol. The lowest BCUT2D eigenvalue weighted by Gasteiger charge is -2.36. The van der Waals surface area contributed by atoms with Gasteiger partial charge in [0, 0.05) is 23.8 Å². The molecular formula is C21H24O4Si. The topological polar surface area (TPSA) is 59.7 Å². The number of hydrogen-bond acceptors (Lipinski definition) is 4. The second-order valence-corrected chi connectivity index (χ2v) is 12.7. The van der Waals surface area contributed by atoms with Crippen molar-refractivity contribution < 1.29 is 13.9 Å². The van der Waals surface area contributed by atoms with Gasteiger partial charge in [0.1, 0.15) is 28.2 Å².